The van der Waals surface area contributed by atoms with Gasteiger partial charge >= 0.3 is 0 Å². The van der Waals surface area contributed by atoms with Crippen molar-refractivity contribution in [3.8, 4) is 67.5 Å². The minimum absolute atomic E-state index is 0.633. The van der Waals surface area contributed by atoms with Crippen LogP contribution in [0, 0.1) is 3.57 Å². The lowest BCUT2D eigenvalue weighted by Crippen LogP contribution is -2.00. The molecule has 0 saturated heterocycles. The van der Waals surface area contributed by atoms with E-state index in [0.717, 1.165) is 44.4 Å². The first-order valence-corrected chi connectivity index (χ1v) is 17.6. The molecular weight excluding hydrogens is 723 g/mol. The van der Waals surface area contributed by atoms with E-state index in [-0.39, 0.29) is 0 Å². The molecule has 50 heavy (non-hydrogen) atoms. The Kier molecular flexibility index (Phi) is 7.75. The molecule has 0 radical (unpaired) electrons. The van der Waals surface area contributed by atoms with Crippen LogP contribution in [-0.4, -0.2) is 19.9 Å². The molecule has 0 bridgehead atoms. The standard InChI is InChI=1S/C45H29IN4/c46-40-28-36(30-16-7-2-8-17-30)27-39-38-26-35(29-14-5-1-6-15-29)25-37(41(38)47-42(39)40)33-22-13-23-34(24-33)45-49-43(31-18-9-3-10-19-31)48-44(50-45)32-20-11-4-12-21-32/h1-28,47H. The molecule has 0 spiro atoms. The van der Waals surface area contributed by atoms with Crippen LogP contribution < -0.4 is 0 Å². The van der Waals surface area contributed by atoms with E-state index in [0.29, 0.717) is 17.5 Å². The molecule has 1 N–H and O–H groups in total. The number of benzene rings is 7. The van der Waals surface area contributed by atoms with Crippen molar-refractivity contribution < 1.29 is 0 Å². The highest BCUT2D eigenvalue weighted by Crippen LogP contribution is 2.41. The summed E-state index contributed by atoms with van der Waals surface area (Å²) in [5, 5.41) is 2.40. The van der Waals surface area contributed by atoms with Gasteiger partial charge in [-0.3, -0.25) is 0 Å². The molecule has 7 aromatic carbocycles. The van der Waals surface area contributed by atoms with Gasteiger partial charge in [-0.15, -0.1) is 0 Å². The van der Waals surface area contributed by atoms with Gasteiger partial charge in [-0.25, -0.2) is 15.0 Å². The third-order valence-electron chi connectivity index (χ3n) is 9.11. The molecule has 0 aliphatic rings. The molecule has 236 valence electrons. The van der Waals surface area contributed by atoms with E-state index in [1.165, 1.54) is 31.0 Å². The minimum Gasteiger partial charge on any atom is -0.353 e. The van der Waals surface area contributed by atoms with Crippen molar-refractivity contribution in [1.82, 2.24) is 19.9 Å². The highest BCUT2D eigenvalue weighted by molar-refractivity contribution is 14.1. The molecule has 5 heteroatoms. The molecule has 0 aliphatic heterocycles. The molecule has 0 fully saturated rings. The maximum atomic E-state index is 5.02. The fraction of sp³-hybridized carbons (Fsp3) is 0. The van der Waals surface area contributed by atoms with Gasteiger partial charge in [0.05, 0.1) is 11.0 Å². The number of nitrogens with zero attached hydrogens (tertiary/aromatic N) is 3. The number of nitrogens with one attached hydrogen (secondary N) is 1. The quantitative estimate of drug-likeness (QED) is 0.172. The first-order valence-electron chi connectivity index (χ1n) is 16.6. The molecule has 2 heterocycles. The van der Waals surface area contributed by atoms with Crippen LogP contribution in [-0.2, 0) is 0 Å². The smallest absolute Gasteiger partial charge is 0.164 e. The molecule has 9 aromatic rings. The number of halogens is 1. The Morgan fingerprint density at radius 1 is 0.340 bits per heavy atom. The Morgan fingerprint density at radius 2 is 0.760 bits per heavy atom. The molecule has 0 unspecified atom stereocenters. The van der Waals surface area contributed by atoms with E-state index in [4.69, 9.17) is 15.0 Å². The zero-order chi connectivity index (χ0) is 33.4. The Balaban J connectivity index is 1.26. The first-order chi connectivity index (χ1) is 24.7. The van der Waals surface area contributed by atoms with Crippen LogP contribution in [0.4, 0.5) is 0 Å². The summed E-state index contributed by atoms with van der Waals surface area (Å²) >= 11 is 2.47. The van der Waals surface area contributed by atoms with Crippen LogP contribution in [0.1, 0.15) is 0 Å². The Hall–Kier alpha value is -5.92. The molecule has 2 aromatic heterocycles. The van der Waals surface area contributed by atoms with E-state index in [1.54, 1.807) is 0 Å². The molecule has 0 aliphatic carbocycles. The third-order valence-corrected chi connectivity index (χ3v) is 9.96. The molecule has 0 atom stereocenters. The lowest BCUT2D eigenvalue weighted by molar-refractivity contribution is 1.07. The monoisotopic (exact) mass is 752 g/mol. The fourth-order valence-electron chi connectivity index (χ4n) is 6.65. The zero-order valence-electron chi connectivity index (χ0n) is 26.9. The van der Waals surface area contributed by atoms with Crippen LogP contribution in [0.2, 0.25) is 0 Å². The second kappa shape index (κ2) is 12.8. The molecular formula is C45H29IN4. The number of rotatable bonds is 6. The van der Waals surface area contributed by atoms with E-state index in [1.807, 2.05) is 60.7 Å². The number of H-pyrrole nitrogens is 1. The Bertz CT molecular complexity index is 2580. The molecule has 0 saturated carbocycles. The number of hydrogen-bond donors (Lipinski definition) is 1. The maximum Gasteiger partial charge on any atom is 0.164 e. The second-order valence-electron chi connectivity index (χ2n) is 12.3. The van der Waals surface area contributed by atoms with E-state index >= 15 is 0 Å². The van der Waals surface area contributed by atoms with Gasteiger partial charge in [0, 0.05) is 36.6 Å². The predicted octanol–water partition coefficient (Wildman–Crippen LogP) is 12.1. The number of aromatic nitrogens is 4. The summed E-state index contributed by atoms with van der Waals surface area (Å²) in [6, 6.07) is 59.2. The fourth-order valence-corrected chi connectivity index (χ4v) is 7.41. The molecule has 4 nitrogen and oxygen atoms in total. The summed E-state index contributed by atoms with van der Waals surface area (Å²) in [7, 11) is 0. The Morgan fingerprint density at radius 3 is 1.30 bits per heavy atom. The van der Waals surface area contributed by atoms with Crippen molar-refractivity contribution in [2.45, 2.75) is 0 Å². The van der Waals surface area contributed by atoms with E-state index in [9.17, 15) is 0 Å². The third kappa shape index (κ3) is 5.65. The lowest BCUT2D eigenvalue weighted by atomic mass is 9.94. The van der Waals surface area contributed by atoms with Crippen molar-refractivity contribution in [1.29, 1.82) is 0 Å². The Labute approximate surface area is 303 Å². The van der Waals surface area contributed by atoms with Crippen LogP contribution in [0.5, 0.6) is 0 Å². The van der Waals surface area contributed by atoms with Gasteiger partial charge in [0.2, 0.25) is 0 Å². The highest BCUT2D eigenvalue weighted by atomic mass is 127. The normalized spacial score (nSPS) is 11.3. The second-order valence-corrected chi connectivity index (χ2v) is 13.5. The molecule has 9 rings (SSSR count). The van der Waals surface area contributed by atoms with Crippen molar-refractivity contribution in [3.63, 3.8) is 0 Å². The summed E-state index contributed by atoms with van der Waals surface area (Å²) < 4.78 is 1.18. The molecule has 0 amide bonds. The zero-order valence-corrected chi connectivity index (χ0v) is 29.0. The van der Waals surface area contributed by atoms with Crippen molar-refractivity contribution in [2.24, 2.45) is 0 Å². The van der Waals surface area contributed by atoms with Gasteiger partial charge in [-0.05, 0) is 80.7 Å². The number of hydrogen-bond acceptors (Lipinski definition) is 3. The van der Waals surface area contributed by atoms with Gasteiger partial charge in [0.15, 0.2) is 17.5 Å². The van der Waals surface area contributed by atoms with Gasteiger partial charge in [-0.1, -0.05) is 140 Å². The predicted molar refractivity (Wildman–Crippen MR) is 215 cm³/mol. The maximum absolute atomic E-state index is 5.02. The summed E-state index contributed by atoms with van der Waals surface area (Å²) in [5.74, 6) is 1.93. The van der Waals surface area contributed by atoms with Crippen LogP contribution in [0.25, 0.3) is 89.4 Å². The van der Waals surface area contributed by atoms with Gasteiger partial charge in [-0.2, -0.15) is 0 Å². The van der Waals surface area contributed by atoms with E-state index in [2.05, 4.69) is 137 Å². The van der Waals surface area contributed by atoms with Crippen molar-refractivity contribution in [3.05, 3.63) is 173 Å². The number of aromatic amines is 1. The lowest BCUT2D eigenvalue weighted by Gasteiger charge is -2.12. The first kappa shape index (κ1) is 30.2. The average molecular weight is 753 g/mol. The average Bonchev–Trinajstić information content (AvgIpc) is 3.58. The van der Waals surface area contributed by atoms with Crippen LogP contribution in [0.15, 0.2) is 170 Å². The number of fused-ring (bicyclic) bond motifs is 3. The van der Waals surface area contributed by atoms with Crippen LogP contribution in [0.3, 0.4) is 0 Å². The summed E-state index contributed by atoms with van der Waals surface area (Å²) in [4.78, 5) is 18.8. The van der Waals surface area contributed by atoms with Crippen molar-refractivity contribution >= 4 is 44.4 Å². The van der Waals surface area contributed by atoms with Gasteiger partial charge in [0.25, 0.3) is 0 Å². The van der Waals surface area contributed by atoms with E-state index < -0.39 is 0 Å². The van der Waals surface area contributed by atoms with Crippen molar-refractivity contribution in [2.75, 3.05) is 0 Å². The summed E-state index contributed by atoms with van der Waals surface area (Å²) in [6.07, 6.45) is 0. The van der Waals surface area contributed by atoms with Gasteiger partial charge < -0.3 is 4.98 Å². The topological polar surface area (TPSA) is 54.5 Å². The SMILES string of the molecule is Ic1cc(-c2ccccc2)cc2c1[nH]c1c(-c3cccc(-c4nc(-c5ccccc5)nc(-c5ccccc5)n4)c3)cc(-c3ccccc3)cc12. The largest absolute Gasteiger partial charge is 0.353 e. The minimum atomic E-state index is 0.633. The highest BCUT2D eigenvalue weighted by Gasteiger charge is 2.18. The summed E-state index contributed by atoms with van der Waals surface area (Å²) in [5.41, 5.74) is 12.0. The van der Waals surface area contributed by atoms with Crippen LogP contribution >= 0.6 is 22.6 Å². The summed E-state index contributed by atoms with van der Waals surface area (Å²) in [6.45, 7) is 0. The van der Waals surface area contributed by atoms with Gasteiger partial charge in [0.1, 0.15) is 0 Å².